The van der Waals surface area contributed by atoms with E-state index >= 15 is 0 Å². The number of rotatable bonds is 4. The summed E-state index contributed by atoms with van der Waals surface area (Å²) in [6, 6.07) is 14.1. The normalized spacial score (nSPS) is 18.5. The lowest BCUT2D eigenvalue weighted by Gasteiger charge is -2.25. The molecule has 0 bridgehead atoms. The second kappa shape index (κ2) is 7.67. The summed E-state index contributed by atoms with van der Waals surface area (Å²) in [4.78, 5) is 42.9. The van der Waals surface area contributed by atoms with E-state index in [1.54, 1.807) is 40.9 Å². The minimum Gasteiger partial charge on any atom is -0.327 e. The molecule has 0 aliphatic carbocycles. The molecular weight excluding hydrogens is 374 g/mol. The predicted octanol–water partition coefficient (Wildman–Crippen LogP) is 3.00. The Labute approximate surface area is 167 Å². The van der Waals surface area contributed by atoms with Gasteiger partial charge >= 0.3 is 0 Å². The first-order chi connectivity index (χ1) is 13.6. The number of para-hydroxylation sites is 1. The van der Waals surface area contributed by atoms with E-state index in [-0.39, 0.29) is 24.3 Å². The van der Waals surface area contributed by atoms with Crippen molar-refractivity contribution in [2.75, 3.05) is 29.6 Å². The van der Waals surface area contributed by atoms with Crippen LogP contribution in [0.5, 0.6) is 0 Å². The van der Waals surface area contributed by atoms with Crippen molar-refractivity contribution in [2.45, 2.75) is 23.8 Å². The average Bonchev–Trinajstić information content (AvgIpc) is 3.18. The second-order valence-electron chi connectivity index (χ2n) is 6.88. The van der Waals surface area contributed by atoms with Gasteiger partial charge in [-0.3, -0.25) is 14.4 Å². The van der Waals surface area contributed by atoms with Crippen molar-refractivity contribution in [3.63, 3.8) is 0 Å². The van der Waals surface area contributed by atoms with Gasteiger partial charge in [0.1, 0.15) is 12.6 Å². The fraction of sp³-hybridized carbons (Fsp3) is 0.286. The molecule has 2 aromatic carbocycles. The number of benzene rings is 2. The first-order valence-electron chi connectivity index (χ1n) is 9.24. The van der Waals surface area contributed by atoms with Gasteiger partial charge in [0, 0.05) is 17.1 Å². The van der Waals surface area contributed by atoms with Gasteiger partial charge in [0.25, 0.3) is 5.91 Å². The Balaban J connectivity index is 1.61. The second-order valence-corrected chi connectivity index (χ2v) is 7.76. The van der Waals surface area contributed by atoms with Crippen molar-refractivity contribution < 1.29 is 14.4 Å². The molecule has 0 radical (unpaired) electrons. The van der Waals surface area contributed by atoms with Crippen molar-refractivity contribution in [3.8, 4) is 0 Å². The van der Waals surface area contributed by atoms with Crippen LogP contribution in [-0.4, -0.2) is 48.0 Å². The van der Waals surface area contributed by atoms with E-state index in [0.717, 1.165) is 11.3 Å². The van der Waals surface area contributed by atoms with E-state index in [2.05, 4.69) is 5.32 Å². The molecule has 7 heteroatoms. The van der Waals surface area contributed by atoms with Gasteiger partial charge in [-0.1, -0.05) is 18.2 Å². The van der Waals surface area contributed by atoms with Gasteiger partial charge in [-0.15, -0.1) is 11.8 Å². The maximum absolute atomic E-state index is 13.2. The van der Waals surface area contributed by atoms with Crippen LogP contribution in [0.1, 0.15) is 23.2 Å². The van der Waals surface area contributed by atoms with E-state index in [4.69, 9.17) is 0 Å². The molecule has 2 aliphatic heterocycles. The van der Waals surface area contributed by atoms with Crippen LogP contribution in [0.25, 0.3) is 0 Å². The summed E-state index contributed by atoms with van der Waals surface area (Å²) in [6.45, 7) is 0.446. The first kappa shape index (κ1) is 18.6. The molecule has 2 aliphatic rings. The summed E-state index contributed by atoms with van der Waals surface area (Å²) in [5.74, 6) is -0.619. The number of nitrogens with zero attached hydrogens (tertiary/aromatic N) is 2. The van der Waals surface area contributed by atoms with Gasteiger partial charge in [0.05, 0.1) is 11.3 Å². The Morgan fingerprint density at radius 2 is 2.00 bits per heavy atom. The molecule has 0 saturated carbocycles. The smallest absolute Gasteiger partial charge is 0.256 e. The Kier molecular flexibility index (Phi) is 5.09. The molecule has 6 nitrogen and oxygen atoms in total. The minimum absolute atomic E-state index is 0.128. The third kappa shape index (κ3) is 3.38. The molecule has 0 aromatic heterocycles. The summed E-state index contributed by atoms with van der Waals surface area (Å²) in [5, 5.41) is 2.86. The average molecular weight is 395 g/mol. The third-order valence-corrected chi connectivity index (χ3v) is 5.87. The molecular formula is C21H21N3O3S. The van der Waals surface area contributed by atoms with Crippen LogP contribution in [0, 0.1) is 0 Å². The van der Waals surface area contributed by atoms with Gasteiger partial charge in [-0.25, -0.2) is 0 Å². The highest BCUT2D eigenvalue weighted by molar-refractivity contribution is 7.98. The maximum Gasteiger partial charge on any atom is 0.256 e. The SMILES string of the molecule is CSc1cccc(NC(=O)CN2C(=O)C3CCCN3C(=O)c3ccccc32)c1. The van der Waals surface area contributed by atoms with Crippen molar-refractivity contribution >= 4 is 40.9 Å². The number of nitrogens with one attached hydrogen (secondary N) is 1. The molecule has 144 valence electrons. The summed E-state index contributed by atoms with van der Waals surface area (Å²) in [5.41, 5.74) is 1.66. The molecule has 2 heterocycles. The molecule has 1 atom stereocenters. The number of amides is 3. The topological polar surface area (TPSA) is 69.7 Å². The largest absolute Gasteiger partial charge is 0.327 e. The van der Waals surface area contributed by atoms with Gasteiger partial charge in [0.15, 0.2) is 0 Å². The summed E-state index contributed by atoms with van der Waals surface area (Å²) < 4.78 is 0. The molecule has 1 fully saturated rings. The number of hydrogen-bond donors (Lipinski definition) is 1. The van der Waals surface area contributed by atoms with Crippen molar-refractivity contribution in [3.05, 3.63) is 54.1 Å². The highest BCUT2D eigenvalue weighted by Gasteiger charge is 2.42. The lowest BCUT2D eigenvalue weighted by atomic mass is 10.1. The molecule has 4 rings (SSSR count). The maximum atomic E-state index is 13.2. The van der Waals surface area contributed by atoms with E-state index in [1.807, 2.05) is 30.5 Å². The number of thioether (sulfide) groups is 1. The van der Waals surface area contributed by atoms with Gasteiger partial charge < -0.3 is 15.1 Å². The monoisotopic (exact) mass is 395 g/mol. The van der Waals surface area contributed by atoms with Crippen LogP contribution in [0.4, 0.5) is 11.4 Å². The van der Waals surface area contributed by atoms with Crippen LogP contribution in [0.15, 0.2) is 53.4 Å². The summed E-state index contributed by atoms with van der Waals surface area (Å²) in [6.07, 6.45) is 3.40. The third-order valence-electron chi connectivity index (χ3n) is 5.15. The van der Waals surface area contributed by atoms with Crippen LogP contribution in [0.3, 0.4) is 0 Å². The standard InChI is InChI=1S/C21H21N3O3S/c1-28-15-7-4-6-14(12-15)22-19(25)13-24-17-9-3-2-8-16(17)20(26)23-11-5-10-18(23)21(24)27/h2-4,6-9,12,18H,5,10-11,13H2,1H3,(H,22,25). The van der Waals surface area contributed by atoms with E-state index in [0.29, 0.717) is 29.9 Å². The van der Waals surface area contributed by atoms with Gasteiger partial charge in [-0.05, 0) is 49.4 Å². The van der Waals surface area contributed by atoms with Crippen molar-refractivity contribution in [1.82, 2.24) is 4.90 Å². The fourth-order valence-electron chi connectivity index (χ4n) is 3.82. The first-order valence-corrected chi connectivity index (χ1v) is 10.5. The van der Waals surface area contributed by atoms with Crippen LogP contribution < -0.4 is 10.2 Å². The summed E-state index contributed by atoms with van der Waals surface area (Å²) >= 11 is 1.59. The highest BCUT2D eigenvalue weighted by Crippen LogP contribution is 2.32. The van der Waals surface area contributed by atoms with Crippen molar-refractivity contribution in [1.29, 1.82) is 0 Å². The zero-order valence-corrected chi connectivity index (χ0v) is 16.4. The Morgan fingerprint density at radius 3 is 2.82 bits per heavy atom. The number of anilines is 2. The molecule has 1 N–H and O–H groups in total. The van der Waals surface area contributed by atoms with Crippen LogP contribution in [-0.2, 0) is 9.59 Å². The zero-order chi connectivity index (χ0) is 19.7. The number of hydrogen-bond acceptors (Lipinski definition) is 4. The van der Waals surface area contributed by atoms with Gasteiger partial charge in [0.2, 0.25) is 11.8 Å². The molecule has 2 aromatic rings. The van der Waals surface area contributed by atoms with Crippen LogP contribution in [0.2, 0.25) is 0 Å². The molecule has 3 amide bonds. The van der Waals surface area contributed by atoms with E-state index < -0.39 is 6.04 Å². The van der Waals surface area contributed by atoms with Gasteiger partial charge in [-0.2, -0.15) is 0 Å². The number of carbonyl (C=O) groups excluding carboxylic acids is 3. The van der Waals surface area contributed by atoms with Crippen LogP contribution >= 0.6 is 11.8 Å². The minimum atomic E-state index is -0.493. The predicted molar refractivity (Wildman–Crippen MR) is 110 cm³/mol. The molecule has 28 heavy (non-hydrogen) atoms. The lowest BCUT2D eigenvalue weighted by Crippen LogP contribution is -2.47. The number of fused-ring (bicyclic) bond motifs is 2. The molecule has 1 unspecified atom stereocenters. The lowest BCUT2D eigenvalue weighted by molar-refractivity contribution is -0.124. The number of carbonyl (C=O) groups is 3. The Bertz CT molecular complexity index is 946. The Morgan fingerprint density at radius 1 is 1.18 bits per heavy atom. The van der Waals surface area contributed by atoms with E-state index in [1.165, 1.54) is 4.90 Å². The Hall–Kier alpha value is -2.80. The zero-order valence-electron chi connectivity index (χ0n) is 15.6. The summed E-state index contributed by atoms with van der Waals surface area (Å²) in [7, 11) is 0. The fourth-order valence-corrected chi connectivity index (χ4v) is 4.28. The van der Waals surface area contributed by atoms with E-state index in [9.17, 15) is 14.4 Å². The molecule has 0 spiro atoms. The quantitative estimate of drug-likeness (QED) is 0.808. The highest BCUT2D eigenvalue weighted by atomic mass is 32.2. The van der Waals surface area contributed by atoms with Crippen molar-refractivity contribution in [2.24, 2.45) is 0 Å². The molecule has 1 saturated heterocycles.